The number of fused-ring (bicyclic) bond motifs is 5. The summed E-state index contributed by atoms with van der Waals surface area (Å²) in [6, 6.07) is 0. The van der Waals surface area contributed by atoms with Gasteiger partial charge in [-0.05, 0) is 60.7 Å². The van der Waals surface area contributed by atoms with E-state index in [0.717, 1.165) is 41.4 Å². The molecular weight excluding hydrogens is 192 g/mol. The van der Waals surface area contributed by atoms with Crippen molar-refractivity contribution < 1.29 is 0 Å². The molecule has 0 saturated heterocycles. The molecule has 3 aliphatic rings. The lowest BCUT2D eigenvalue weighted by Gasteiger charge is -2.33. The van der Waals surface area contributed by atoms with Crippen molar-refractivity contribution in [1.29, 1.82) is 0 Å². The van der Waals surface area contributed by atoms with Crippen LogP contribution < -0.4 is 0 Å². The van der Waals surface area contributed by atoms with E-state index < -0.39 is 0 Å². The van der Waals surface area contributed by atoms with Gasteiger partial charge in [-0.15, -0.1) is 0 Å². The molecule has 0 aromatic heterocycles. The third kappa shape index (κ3) is 1.64. The summed E-state index contributed by atoms with van der Waals surface area (Å²) in [5.41, 5.74) is 0. The molecule has 0 aromatic carbocycles. The Bertz CT molecular complexity index is 232. The van der Waals surface area contributed by atoms with Crippen LogP contribution in [-0.2, 0) is 0 Å². The summed E-state index contributed by atoms with van der Waals surface area (Å²) < 4.78 is 0. The zero-order chi connectivity index (χ0) is 11.9. The molecule has 3 rings (SSSR count). The Kier molecular flexibility index (Phi) is 3.66. The van der Waals surface area contributed by atoms with E-state index in [1.54, 1.807) is 19.3 Å². The first-order valence-electron chi connectivity index (χ1n) is 7.72. The summed E-state index contributed by atoms with van der Waals surface area (Å²) >= 11 is 0. The highest BCUT2D eigenvalue weighted by Crippen LogP contribution is 2.64. The average Bonchev–Trinajstić information content (AvgIpc) is 2.92. The smallest absolute Gasteiger partial charge is 0.0323 e. The van der Waals surface area contributed by atoms with Crippen molar-refractivity contribution in [2.45, 2.75) is 60.3 Å². The lowest BCUT2D eigenvalue weighted by atomic mass is 9.72. The topological polar surface area (TPSA) is 0 Å². The zero-order valence-electron chi connectivity index (χ0n) is 11.9. The van der Waals surface area contributed by atoms with Gasteiger partial charge in [-0.3, -0.25) is 0 Å². The summed E-state index contributed by atoms with van der Waals surface area (Å²) in [5.74, 6) is 7.73. The molecule has 0 spiro atoms. The summed E-state index contributed by atoms with van der Waals surface area (Å²) in [6.45, 7) is 11.4. The third-order valence-corrected chi connectivity index (χ3v) is 5.86. The van der Waals surface area contributed by atoms with Crippen molar-refractivity contribution in [2.75, 3.05) is 0 Å². The van der Waals surface area contributed by atoms with Gasteiger partial charge in [0.05, 0.1) is 0 Å². The van der Waals surface area contributed by atoms with Crippen molar-refractivity contribution in [3.8, 4) is 0 Å². The van der Waals surface area contributed by atoms with E-state index in [1.807, 2.05) is 13.8 Å². The van der Waals surface area contributed by atoms with E-state index in [9.17, 15) is 0 Å². The molecule has 0 N–H and O–H groups in total. The largest absolute Gasteiger partial charge is 0.0683 e. The van der Waals surface area contributed by atoms with Crippen molar-refractivity contribution in [3.05, 3.63) is 0 Å². The van der Waals surface area contributed by atoms with Gasteiger partial charge >= 0.3 is 0 Å². The Morgan fingerprint density at radius 3 is 2.19 bits per heavy atom. The number of hydrogen-bond acceptors (Lipinski definition) is 0. The molecule has 0 radical (unpaired) electrons. The molecule has 16 heavy (non-hydrogen) atoms. The molecule has 0 aromatic rings. The van der Waals surface area contributed by atoms with Crippen LogP contribution >= 0.6 is 0 Å². The first kappa shape index (κ1) is 12.5. The molecule has 2 bridgehead atoms. The summed E-state index contributed by atoms with van der Waals surface area (Å²) in [4.78, 5) is 0. The molecule has 94 valence electrons. The number of hydrogen-bond donors (Lipinski definition) is 0. The van der Waals surface area contributed by atoms with E-state index in [0.29, 0.717) is 0 Å². The second-order valence-corrected chi connectivity index (χ2v) is 6.41. The van der Waals surface area contributed by atoms with Gasteiger partial charge in [0, 0.05) is 0 Å². The Morgan fingerprint density at radius 1 is 0.875 bits per heavy atom. The van der Waals surface area contributed by atoms with Gasteiger partial charge in [0.25, 0.3) is 0 Å². The van der Waals surface area contributed by atoms with Crippen molar-refractivity contribution in [2.24, 2.45) is 41.4 Å². The average molecular weight is 222 g/mol. The quantitative estimate of drug-likeness (QED) is 0.586. The molecule has 3 aliphatic carbocycles. The molecule has 0 aliphatic heterocycles. The normalized spacial score (nSPS) is 53.4. The fourth-order valence-electron chi connectivity index (χ4n) is 5.51. The van der Waals surface area contributed by atoms with Crippen LogP contribution in [0.15, 0.2) is 0 Å². The Hall–Kier alpha value is 0. The Labute approximate surface area is 102 Å². The zero-order valence-corrected chi connectivity index (χ0v) is 11.9. The van der Waals surface area contributed by atoms with E-state index in [-0.39, 0.29) is 0 Å². The Morgan fingerprint density at radius 2 is 1.56 bits per heavy atom. The number of rotatable bonds is 1. The maximum Gasteiger partial charge on any atom is -0.0323 e. The van der Waals surface area contributed by atoms with Gasteiger partial charge in [-0.25, -0.2) is 0 Å². The second kappa shape index (κ2) is 4.70. The minimum absolute atomic E-state index is 1.04. The van der Waals surface area contributed by atoms with Crippen molar-refractivity contribution in [1.82, 2.24) is 0 Å². The van der Waals surface area contributed by atoms with Crippen LogP contribution in [0, 0.1) is 41.4 Å². The highest BCUT2D eigenvalue weighted by molar-refractivity contribution is 5.06. The molecule has 0 heteroatoms. The minimum atomic E-state index is 1.04. The van der Waals surface area contributed by atoms with Gasteiger partial charge in [-0.2, -0.15) is 0 Å². The van der Waals surface area contributed by atoms with Gasteiger partial charge in [0.1, 0.15) is 0 Å². The molecule has 0 nitrogen and oxygen atoms in total. The van der Waals surface area contributed by atoms with Crippen molar-refractivity contribution in [3.63, 3.8) is 0 Å². The van der Waals surface area contributed by atoms with E-state index in [1.165, 1.54) is 6.42 Å². The molecule has 3 saturated carbocycles. The molecule has 3 fully saturated rings. The predicted molar refractivity (Wildman–Crippen MR) is 71.3 cm³/mol. The van der Waals surface area contributed by atoms with Crippen LogP contribution in [0.4, 0.5) is 0 Å². The monoisotopic (exact) mass is 222 g/mol. The molecular formula is C16H30. The standard InChI is InChI=1S/C14H24.C2H6/c1-4-10-6-9(3)13-12-7-11(14(10)13)5-8(12)2;1-2/h8-14H,4-7H2,1-3H3;1-2H3. The lowest BCUT2D eigenvalue weighted by molar-refractivity contribution is 0.148. The first-order chi connectivity index (χ1) is 7.72. The predicted octanol–water partition coefficient (Wildman–Crippen LogP) is 4.99. The van der Waals surface area contributed by atoms with Gasteiger partial charge in [-0.1, -0.05) is 41.0 Å². The summed E-state index contributed by atoms with van der Waals surface area (Å²) in [6.07, 6.45) is 6.15. The van der Waals surface area contributed by atoms with Gasteiger partial charge in [0.15, 0.2) is 0 Å². The summed E-state index contributed by atoms with van der Waals surface area (Å²) in [7, 11) is 0. The summed E-state index contributed by atoms with van der Waals surface area (Å²) in [5, 5.41) is 0. The maximum absolute atomic E-state index is 2.53. The Balaban J connectivity index is 0.000000457. The third-order valence-electron chi connectivity index (χ3n) is 5.86. The van der Waals surface area contributed by atoms with E-state index in [4.69, 9.17) is 0 Å². The first-order valence-corrected chi connectivity index (χ1v) is 7.72. The fraction of sp³-hybridized carbons (Fsp3) is 1.00. The van der Waals surface area contributed by atoms with Crippen LogP contribution in [0.5, 0.6) is 0 Å². The minimum Gasteiger partial charge on any atom is -0.0683 e. The molecule has 7 atom stereocenters. The highest BCUT2D eigenvalue weighted by Gasteiger charge is 2.57. The molecule has 7 unspecified atom stereocenters. The van der Waals surface area contributed by atoms with Crippen LogP contribution in [-0.4, -0.2) is 0 Å². The van der Waals surface area contributed by atoms with Crippen LogP contribution in [0.25, 0.3) is 0 Å². The van der Waals surface area contributed by atoms with Crippen LogP contribution in [0.2, 0.25) is 0 Å². The van der Waals surface area contributed by atoms with Crippen molar-refractivity contribution >= 4 is 0 Å². The second-order valence-electron chi connectivity index (χ2n) is 6.41. The van der Waals surface area contributed by atoms with E-state index >= 15 is 0 Å². The SMILES string of the molecule is CC.CCC1CC(C)C2C3CC(CC3C)C12. The fourth-order valence-corrected chi connectivity index (χ4v) is 5.51. The van der Waals surface area contributed by atoms with Gasteiger partial charge < -0.3 is 0 Å². The maximum atomic E-state index is 2.53. The highest BCUT2D eigenvalue weighted by atomic mass is 14.6. The van der Waals surface area contributed by atoms with E-state index in [2.05, 4.69) is 20.8 Å². The van der Waals surface area contributed by atoms with Gasteiger partial charge in [0.2, 0.25) is 0 Å². The lowest BCUT2D eigenvalue weighted by Crippen LogP contribution is -2.28. The molecule has 0 amide bonds. The van der Waals surface area contributed by atoms with Crippen LogP contribution in [0.3, 0.4) is 0 Å². The van der Waals surface area contributed by atoms with Crippen LogP contribution in [0.1, 0.15) is 60.3 Å². The molecule has 0 heterocycles.